The van der Waals surface area contributed by atoms with Gasteiger partial charge in [-0.3, -0.25) is 9.59 Å². The summed E-state index contributed by atoms with van der Waals surface area (Å²) in [7, 11) is 0. The first-order chi connectivity index (χ1) is 10.3. The van der Waals surface area contributed by atoms with Crippen molar-refractivity contribution in [2.24, 2.45) is 0 Å². The number of hydrogen-bond acceptors (Lipinski definition) is 4. The summed E-state index contributed by atoms with van der Waals surface area (Å²) < 4.78 is 26.5. The molecule has 5 nitrogen and oxygen atoms in total. The average molecular weight is 325 g/mol. The molecule has 1 aromatic heterocycles. The lowest BCUT2D eigenvalue weighted by atomic mass is 10.3. The zero-order valence-electron chi connectivity index (χ0n) is 11.8. The molecule has 1 amide bonds. The Morgan fingerprint density at radius 2 is 2.09 bits per heavy atom. The number of amides is 1. The normalized spacial score (nSPS) is 12.0. The molecule has 1 atom stereocenters. The standard InChI is InChI=1S/C14H13F2N3O2S/c1-7-5-12(20)19-14(17-7)22-8(2)13(21)18-11-6-9(15)3-4-10(11)16/h3-6,8H,1-2H3,(H,18,21)(H,17,19,20). The number of hydrogen-bond donors (Lipinski definition) is 2. The van der Waals surface area contributed by atoms with Crippen LogP contribution in [-0.4, -0.2) is 21.1 Å². The van der Waals surface area contributed by atoms with E-state index in [0.717, 1.165) is 30.0 Å². The van der Waals surface area contributed by atoms with Gasteiger partial charge in [0.15, 0.2) is 5.16 Å². The fraction of sp³-hybridized carbons (Fsp3) is 0.214. The number of H-pyrrole nitrogens is 1. The molecule has 0 radical (unpaired) electrons. The van der Waals surface area contributed by atoms with Crippen molar-refractivity contribution in [2.45, 2.75) is 24.3 Å². The molecule has 0 aliphatic heterocycles. The monoisotopic (exact) mass is 325 g/mol. The smallest absolute Gasteiger partial charge is 0.251 e. The van der Waals surface area contributed by atoms with Crippen LogP contribution in [0.2, 0.25) is 0 Å². The molecule has 2 aromatic rings. The van der Waals surface area contributed by atoms with Gasteiger partial charge in [0, 0.05) is 17.8 Å². The van der Waals surface area contributed by atoms with Crippen molar-refractivity contribution in [3.05, 3.63) is 51.9 Å². The molecule has 1 heterocycles. The van der Waals surface area contributed by atoms with Crippen LogP contribution >= 0.6 is 11.8 Å². The molecule has 0 aliphatic rings. The summed E-state index contributed by atoms with van der Waals surface area (Å²) >= 11 is 1.01. The van der Waals surface area contributed by atoms with Crippen LogP contribution in [0.15, 0.2) is 34.2 Å². The van der Waals surface area contributed by atoms with Gasteiger partial charge in [0.2, 0.25) is 5.91 Å². The molecule has 0 bridgehead atoms. The predicted molar refractivity (Wildman–Crippen MR) is 79.9 cm³/mol. The molecular formula is C14H13F2N3O2S. The number of aryl methyl sites for hydroxylation is 1. The number of benzene rings is 1. The summed E-state index contributed by atoms with van der Waals surface area (Å²) in [6.45, 7) is 3.23. The minimum Gasteiger partial charge on any atom is -0.323 e. The first-order valence-electron chi connectivity index (χ1n) is 6.35. The van der Waals surface area contributed by atoms with Crippen molar-refractivity contribution >= 4 is 23.4 Å². The number of nitrogens with zero attached hydrogens (tertiary/aromatic N) is 1. The van der Waals surface area contributed by atoms with Crippen LogP contribution in [0, 0.1) is 18.6 Å². The average Bonchev–Trinajstić information content (AvgIpc) is 2.41. The van der Waals surface area contributed by atoms with Gasteiger partial charge in [-0.2, -0.15) is 0 Å². The van der Waals surface area contributed by atoms with E-state index in [1.165, 1.54) is 6.07 Å². The van der Waals surface area contributed by atoms with Crippen molar-refractivity contribution < 1.29 is 13.6 Å². The molecular weight excluding hydrogens is 312 g/mol. The zero-order chi connectivity index (χ0) is 16.3. The lowest BCUT2D eigenvalue weighted by Crippen LogP contribution is -2.24. The summed E-state index contributed by atoms with van der Waals surface area (Å²) in [6, 6.07) is 4.13. The molecule has 0 spiro atoms. The van der Waals surface area contributed by atoms with Gasteiger partial charge in [0.25, 0.3) is 5.56 Å². The van der Waals surface area contributed by atoms with Gasteiger partial charge in [-0.25, -0.2) is 13.8 Å². The number of aromatic amines is 1. The molecule has 116 valence electrons. The number of carbonyl (C=O) groups excluding carboxylic acids is 1. The highest BCUT2D eigenvalue weighted by molar-refractivity contribution is 8.00. The molecule has 0 saturated heterocycles. The molecule has 2 N–H and O–H groups in total. The van der Waals surface area contributed by atoms with E-state index in [1.807, 2.05) is 0 Å². The van der Waals surface area contributed by atoms with E-state index in [9.17, 15) is 18.4 Å². The quantitative estimate of drug-likeness (QED) is 0.669. The molecule has 0 aliphatic carbocycles. The Hall–Kier alpha value is -2.22. The first kappa shape index (κ1) is 16.2. The first-order valence-corrected chi connectivity index (χ1v) is 7.23. The van der Waals surface area contributed by atoms with Crippen LogP contribution in [0.1, 0.15) is 12.6 Å². The summed E-state index contributed by atoms with van der Waals surface area (Å²) in [4.78, 5) is 29.9. The van der Waals surface area contributed by atoms with Crippen LogP contribution in [0.4, 0.5) is 14.5 Å². The number of aromatic nitrogens is 2. The molecule has 2 rings (SSSR count). The van der Waals surface area contributed by atoms with E-state index in [0.29, 0.717) is 5.69 Å². The molecule has 1 aromatic carbocycles. The number of nitrogens with one attached hydrogen (secondary N) is 2. The Morgan fingerprint density at radius 1 is 1.36 bits per heavy atom. The maximum absolute atomic E-state index is 13.5. The Kier molecular flexibility index (Phi) is 4.92. The third-order valence-corrected chi connectivity index (χ3v) is 3.68. The van der Waals surface area contributed by atoms with Crippen molar-refractivity contribution in [2.75, 3.05) is 5.32 Å². The van der Waals surface area contributed by atoms with Gasteiger partial charge in [0.05, 0.1) is 10.9 Å². The van der Waals surface area contributed by atoms with Gasteiger partial charge in [-0.15, -0.1) is 0 Å². The lowest BCUT2D eigenvalue weighted by molar-refractivity contribution is -0.115. The molecule has 0 saturated carbocycles. The topological polar surface area (TPSA) is 74.8 Å². The van der Waals surface area contributed by atoms with Crippen LogP contribution in [0.3, 0.4) is 0 Å². The van der Waals surface area contributed by atoms with E-state index in [2.05, 4.69) is 15.3 Å². The largest absolute Gasteiger partial charge is 0.323 e. The minimum atomic E-state index is -0.728. The second-order valence-electron chi connectivity index (χ2n) is 4.57. The fourth-order valence-electron chi connectivity index (χ4n) is 1.66. The van der Waals surface area contributed by atoms with Gasteiger partial charge < -0.3 is 10.3 Å². The second-order valence-corrected chi connectivity index (χ2v) is 5.89. The minimum absolute atomic E-state index is 0.233. The van der Waals surface area contributed by atoms with Crippen molar-refractivity contribution in [1.29, 1.82) is 0 Å². The Morgan fingerprint density at radius 3 is 2.77 bits per heavy atom. The maximum atomic E-state index is 13.5. The zero-order valence-corrected chi connectivity index (χ0v) is 12.6. The summed E-state index contributed by atoms with van der Waals surface area (Å²) in [6.07, 6.45) is 0. The van der Waals surface area contributed by atoms with Crippen LogP contribution < -0.4 is 10.9 Å². The maximum Gasteiger partial charge on any atom is 0.251 e. The predicted octanol–water partition coefficient (Wildman–Crippen LogP) is 2.48. The van der Waals surface area contributed by atoms with Crippen LogP contribution in [-0.2, 0) is 4.79 Å². The lowest BCUT2D eigenvalue weighted by Gasteiger charge is -2.12. The highest BCUT2D eigenvalue weighted by Gasteiger charge is 2.18. The second kappa shape index (κ2) is 6.69. The number of carbonyl (C=O) groups is 1. The summed E-state index contributed by atoms with van der Waals surface area (Å²) in [5, 5.41) is 1.93. The summed E-state index contributed by atoms with van der Waals surface area (Å²) in [5.41, 5.74) is -0.0306. The van der Waals surface area contributed by atoms with Crippen molar-refractivity contribution in [1.82, 2.24) is 9.97 Å². The SMILES string of the molecule is Cc1cc(=O)[nH]c(SC(C)C(=O)Nc2cc(F)ccc2F)n1. The third kappa shape index (κ3) is 4.14. The van der Waals surface area contributed by atoms with Gasteiger partial charge >= 0.3 is 0 Å². The highest BCUT2D eigenvalue weighted by atomic mass is 32.2. The Bertz CT molecular complexity index is 764. The Balaban J connectivity index is 2.09. The van der Waals surface area contributed by atoms with E-state index in [1.54, 1.807) is 13.8 Å². The highest BCUT2D eigenvalue weighted by Crippen LogP contribution is 2.21. The molecule has 0 fully saturated rings. The molecule has 22 heavy (non-hydrogen) atoms. The number of thioether (sulfide) groups is 1. The van der Waals surface area contributed by atoms with Crippen molar-refractivity contribution in [3.8, 4) is 0 Å². The van der Waals surface area contributed by atoms with Gasteiger partial charge in [0.1, 0.15) is 11.6 Å². The number of halogens is 2. The van der Waals surface area contributed by atoms with E-state index in [4.69, 9.17) is 0 Å². The van der Waals surface area contributed by atoms with E-state index < -0.39 is 22.8 Å². The fourth-order valence-corrected chi connectivity index (χ4v) is 2.51. The summed E-state index contributed by atoms with van der Waals surface area (Å²) in [5.74, 6) is -1.91. The number of rotatable bonds is 4. The Labute approximate surface area is 129 Å². The van der Waals surface area contributed by atoms with E-state index >= 15 is 0 Å². The van der Waals surface area contributed by atoms with Gasteiger partial charge in [-0.1, -0.05) is 11.8 Å². The molecule has 8 heteroatoms. The van der Waals surface area contributed by atoms with Gasteiger partial charge in [-0.05, 0) is 26.0 Å². The third-order valence-electron chi connectivity index (χ3n) is 2.69. The van der Waals surface area contributed by atoms with Crippen LogP contribution in [0.5, 0.6) is 0 Å². The van der Waals surface area contributed by atoms with E-state index in [-0.39, 0.29) is 16.4 Å². The van der Waals surface area contributed by atoms with Crippen molar-refractivity contribution in [3.63, 3.8) is 0 Å². The number of anilines is 1. The molecule has 1 unspecified atom stereocenters. The van der Waals surface area contributed by atoms with Crippen LogP contribution in [0.25, 0.3) is 0 Å².